The van der Waals surface area contributed by atoms with Crippen molar-refractivity contribution in [2.75, 3.05) is 17.6 Å². The number of nitrogen functional groups attached to an aromatic ring is 1. The summed E-state index contributed by atoms with van der Waals surface area (Å²) in [6.07, 6.45) is 0. The molecule has 0 amide bonds. The van der Waals surface area contributed by atoms with Gasteiger partial charge in [-0.3, -0.25) is 0 Å². The number of rotatable bonds is 3. The Morgan fingerprint density at radius 3 is 2.62 bits per heavy atom. The van der Waals surface area contributed by atoms with Gasteiger partial charge in [0.25, 0.3) is 0 Å². The summed E-state index contributed by atoms with van der Waals surface area (Å²) in [6.45, 7) is 0.238. The van der Waals surface area contributed by atoms with Crippen LogP contribution in [-0.2, 0) is 0 Å². The van der Waals surface area contributed by atoms with Gasteiger partial charge in [-0.15, -0.1) is 10.2 Å². The third-order valence-corrected chi connectivity index (χ3v) is 1.92. The molecular formula is C6H6N6S. The Labute approximate surface area is 78.6 Å². The van der Waals surface area contributed by atoms with Gasteiger partial charge in [0, 0.05) is 6.54 Å². The molecule has 0 saturated carbocycles. The third-order valence-electron chi connectivity index (χ3n) is 1.21. The van der Waals surface area contributed by atoms with Gasteiger partial charge in [0.2, 0.25) is 10.3 Å². The van der Waals surface area contributed by atoms with Gasteiger partial charge in [-0.1, -0.05) is 11.3 Å². The molecule has 66 valence electrons. The summed E-state index contributed by atoms with van der Waals surface area (Å²) >= 11 is 1.18. The molecule has 0 saturated heterocycles. The van der Waals surface area contributed by atoms with Crippen molar-refractivity contribution in [1.29, 1.82) is 10.5 Å². The molecule has 0 radical (unpaired) electrons. The second-order valence-electron chi connectivity index (χ2n) is 2.14. The fraction of sp³-hybridized carbons (Fsp3) is 0.333. The molecule has 0 aliphatic rings. The summed E-state index contributed by atoms with van der Waals surface area (Å²) < 4.78 is 0. The standard InChI is InChI=1S/C6H6N6S/c7-1-4(2-8)3-10-6-12-11-5(9)13-6/h4H,3H2,(H2,9,11)(H,10,12). The Hall–Kier alpha value is -1.86. The molecule has 1 aromatic rings. The highest BCUT2D eigenvalue weighted by molar-refractivity contribution is 7.18. The fourth-order valence-corrected chi connectivity index (χ4v) is 1.13. The topological polar surface area (TPSA) is 111 Å². The van der Waals surface area contributed by atoms with E-state index in [1.807, 2.05) is 12.1 Å². The summed E-state index contributed by atoms with van der Waals surface area (Å²) in [5.74, 6) is -0.676. The van der Waals surface area contributed by atoms with Gasteiger partial charge in [-0.2, -0.15) is 10.5 Å². The van der Waals surface area contributed by atoms with E-state index in [0.717, 1.165) is 0 Å². The van der Waals surface area contributed by atoms with E-state index in [1.165, 1.54) is 11.3 Å². The number of hydrogen-bond donors (Lipinski definition) is 2. The molecule has 0 aliphatic heterocycles. The Kier molecular flexibility index (Phi) is 3.01. The van der Waals surface area contributed by atoms with Crippen LogP contribution in [0.3, 0.4) is 0 Å². The highest BCUT2D eigenvalue weighted by atomic mass is 32.1. The van der Waals surface area contributed by atoms with Crippen LogP contribution in [0.5, 0.6) is 0 Å². The second-order valence-corrected chi connectivity index (χ2v) is 3.15. The Balaban J connectivity index is 2.45. The summed E-state index contributed by atoms with van der Waals surface area (Å²) in [5.41, 5.74) is 5.32. The minimum Gasteiger partial charge on any atom is -0.374 e. The number of nitrogens with one attached hydrogen (secondary N) is 1. The first-order valence-electron chi connectivity index (χ1n) is 3.38. The van der Waals surface area contributed by atoms with E-state index in [2.05, 4.69) is 15.5 Å². The van der Waals surface area contributed by atoms with E-state index in [0.29, 0.717) is 10.3 Å². The average Bonchev–Trinajstić information content (AvgIpc) is 2.53. The van der Waals surface area contributed by atoms with Crippen molar-refractivity contribution in [2.45, 2.75) is 0 Å². The van der Waals surface area contributed by atoms with Crippen LogP contribution in [0.4, 0.5) is 10.3 Å². The van der Waals surface area contributed by atoms with Crippen LogP contribution in [0.2, 0.25) is 0 Å². The van der Waals surface area contributed by atoms with Crippen molar-refractivity contribution < 1.29 is 0 Å². The molecule has 7 heteroatoms. The lowest BCUT2D eigenvalue weighted by Gasteiger charge is -1.99. The lowest BCUT2D eigenvalue weighted by molar-refractivity contribution is 0.881. The van der Waals surface area contributed by atoms with Crippen molar-refractivity contribution in [3.63, 3.8) is 0 Å². The van der Waals surface area contributed by atoms with Gasteiger partial charge in [0.15, 0.2) is 5.92 Å². The number of nitriles is 2. The van der Waals surface area contributed by atoms with Crippen LogP contribution < -0.4 is 11.1 Å². The molecule has 3 N–H and O–H groups in total. The lowest BCUT2D eigenvalue weighted by atomic mass is 10.2. The first-order chi connectivity index (χ1) is 6.26. The highest BCUT2D eigenvalue weighted by Crippen LogP contribution is 2.16. The maximum Gasteiger partial charge on any atom is 0.207 e. The van der Waals surface area contributed by atoms with Gasteiger partial charge in [-0.05, 0) is 0 Å². The van der Waals surface area contributed by atoms with E-state index < -0.39 is 5.92 Å². The quantitative estimate of drug-likeness (QED) is 0.710. The van der Waals surface area contributed by atoms with Crippen molar-refractivity contribution in [3.8, 4) is 12.1 Å². The van der Waals surface area contributed by atoms with Gasteiger partial charge in [0.1, 0.15) is 0 Å². The summed E-state index contributed by atoms with van der Waals surface area (Å²) in [7, 11) is 0. The zero-order valence-electron chi connectivity index (χ0n) is 6.56. The van der Waals surface area contributed by atoms with Crippen molar-refractivity contribution in [2.24, 2.45) is 5.92 Å². The third kappa shape index (κ3) is 2.58. The van der Waals surface area contributed by atoms with E-state index in [4.69, 9.17) is 16.3 Å². The van der Waals surface area contributed by atoms with E-state index in [-0.39, 0.29) is 6.54 Å². The van der Waals surface area contributed by atoms with E-state index in [9.17, 15) is 0 Å². The predicted molar refractivity (Wildman–Crippen MR) is 47.5 cm³/mol. The first-order valence-corrected chi connectivity index (χ1v) is 4.20. The van der Waals surface area contributed by atoms with Crippen molar-refractivity contribution in [3.05, 3.63) is 0 Å². The van der Waals surface area contributed by atoms with Crippen LogP contribution in [0.1, 0.15) is 0 Å². The number of hydrogen-bond acceptors (Lipinski definition) is 7. The van der Waals surface area contributed by atoms with Gasteiger partial charge in [-0.25, -0.2) is 0 Å². The van der Waals surface area contributed by atoms with Gasteiger partial charge >= 0.3 is 0 Å². The molecule has 0 spiro atoms. The molecule has 1 aromatic heterocycles. The lowest BCUT2D eigenvalue weighted by Crippen LogP contribution is -2.10. The van der Waals surface area contributed by atoms with E-state index >= 15 is 0 Å². The number of nitrogens with zero attached hydrogens (tertiary/aromatic N) is 4. The molecule has 1 heterocycles. The normalized spacial score (nSPS) is 9.15. The maximum atomic E-state index is 8.44. The molecule has 0 atom stereocenters. The number of anilines is 2. The minimum absolute atomic E-state index is 0.238. The highest BCUT2D eigenvalue weighted by Gasteiger charge is 2.06. The molecule has 0 bridgehead atoms. The summed E-state index contributed by atoms with van der Waals surface area (Å²) in [5, 5.41) is 27.8. The van der Waals surface area contributed by atoms with Crippen LogP contribution in [0, 0.1) is 28.6 Å². The minimum atomic E-state index is -0.676. The number of nitrogens with two attached hydrogens (primary N) is 1. The Morgan fingerprint density at radius 2 is 2.15 bits per heavy atom. The molecule has 13 heavy (non-hydrogen) atoms. The Bertz CT molecular complexity index is 344. The molecule has 0 aromatic carbocycles. The zero-order valence-corrected chi connectivity index (χ0v) is 7.38. The Morgan fingerprint density at radius 1 is 1.46 bits per heavy atom. The van der Waals surface area contributed by atoms with Crippen LogP contribution in [-0.4, -0.2) is 16.7 Å². The SMILES string of the molecule is N#CC(C#N)CNc1nnc(N)s1. The van der Waals surface area contributed by atoms with E-state index in [1.54, 1.807) is 0 Å². The second kappa shape index (κ2) is 4.24. The molecule has 1 rings (SSSR count). The van der Waals surface area contributed by atoms with Gasteiger partial charge < -0.3 is 11.1 Å². The smallest absolute Gasteiger partial charge is 0.207 e. The monoisotopic (exact) mass is 194 g/mol. The molecular weight excluding hydrogens is 188 g/mol. The summed E-state index contributed by atoms with van der Waals surface area (Å²) in [4.78, 5) is 0. The summed E-state index contributed by atoms with van der Waals surface area (Å²) in [6, 6.07) is 3.66. The molecule has 6 nitrogen and oxygen atoms in total. The van der Waals surface area contributed by atoms with Crippen LogP contribution >= 0.6 is 11.3 Å². The molecule has 0 fully saturated rings. The molecule has 0 unspecified atom stereocenters. The average molecular weight is 194 g/mol. The fourth-order valence-electron chi connectivity index (χ4n) is 0.616. The van der Waals surface area contributed by atoms with Gasteiger partial charge in [0.05, 0.1) is 12.1 Å². The van der Waals surface area contributed by atoms with Crippen LogP contribution in [0.15, 0.2) is 0 Å². The van der Waals surface area contributed by atoms with Crippen LogP contribution in [0.25, 0.3) is 0 Å². The van der Waals surface area contributed by atoms with Crippen molar-refractivity contribution >= 4 is 21.6 Å². The van der Waals surface area contributed by atoms with Crippen molar-refractivity contribution in [1.82, 2.24) is 10.2 Å². The molecule has 0 aliphatic carbocycles. The largest absolute Gasteiger partial charge is 0.374 e. The maximum absolute atomic E-state index is 8.44. The first kappa shape index (κ1) is 9.23. The zero-order chi connectivity index (χ0) is 9.68. The predicted octanol–water partition coefficient (Wildman–Crippen LogP) is 0.196. The number of aromatic nitrogens is 2.